The first-order valence-electron chi connectivity index (χ1n) is 2.81. The van der Waals surface area contributed by atoms with Crippen LogP contribution in [-0.2, 0) is 9.59 Å². The summed E-state index contributed by atoms with van der Waals surface area (Å²) in [6.45, 7) is 0. The SMILES string of the molecule is Nc1cccc(N)c1.O=C=O. The first-order valence-corrected chi connectivity index (χ1v) is 2.81. The van der Waals surface area contributed by atoms with Crippen molar-refractivity contribution in [2.24, 2.45) is 0 Å². The third-order valence-electron chi connectivity index (χ3n) is 0.911. The zero-order valence-electron chi connectivity index (χ0n) is 5.78. The van der Waals surface area contributed by atoms with Crippen LogP contribution in [0.3, 0.4) is 0 Å². The zero-order chi connectivity index (χ0) is 8.69. The Balaban J connectivity index is 0.000000292. The quantitative estimate of drug-likeness (QED) is 0.522. The topological polar surface area (TPSA) is 86.2 Å². The van der Waals surface area contributed by atoms with Crippen LogP contribution in [0.25, 0.3) is 0 Å². The second-order valence-corrected chi connectivity index (χ2v) is 1.75. The van der Waals surface area contributed by atoms with Gasteiger partial charge in [-0.2, -0.15) is 9.59 Å². The average molecular weight is 152 g/mol. The van der Waals surface area contributed by atoms with Gasteiger partial charge in [-0.15, -0.1) is 0 Å². The molecule has 0 saturated carbocycles. The van der Waals surface area contributed by atoms with Gasteiger partial charge in [0.25, 0.3) is 0 Å². The highest BCUT2D eigenvalue weighted by atomic mass is 16.2. The minimum Gasteiger partial charge on any atom is -0.399 e. The standard InChI is InChI=1S/C6H8N2.CO2/c7-5-2-1-3-6(8)4-5;2-1-3/h1-4H,7-8H2;. The maximum Gasteiger partial charge on any atom is 0.373 e. The van der Waals surface area contributed by atoms with E-state index >= 15 is 0 Å². The van der Waals surface area contributed by atoms with E-state index in [0.717, 1.165) is 0 Å². The highest BCUT2D eigenvalue weighted by molar-refractivity contribution is 5.50. The molecule has 0 amide bonds. The predicted molar refractivity (Wildman–Crippen MR) is 40.3 cm³/mol. The molecule has 4 N–H and O–H groups in total. The molecule has 0 aromatic heterocycles. The summed E-state index contributed by atoms with van der Waals surface area (Å²) in [5, 5.41) is 0. The summed E-state index contributed by atoms with van der Waals surface area (Å²) in [5.41, 5.74) is 12.2. The van der Waals surface area contributed by atoms with E-state index in [1.165, 1.54) is 0 Å². The van der Waals surface area contributed by atoms with E-state index in [0.29, 0.717) is 11.4 Å². The van der Waals surface area contributed by atoms with E-state index in [9.17, 15) is 0 Å². The molecule has 0 unspecified atom stereocenters. The molecule has 1 rings (SSSR count). The maximum absolute atomic E-state index is 8.12. The fourth-order valence-electron chi connectivity index (χ4n) is 0.559. The van der Waals surface area contributed by atoms with Gasteiger partial charge >= 0.3 is 6.15 Å². The molecule has 4 nitrogen and oxygen atoms in total. The molecule has 0 saturated heterocycles. The number of anilines is 2. The fourth-order valence-corrected chi connectivity index (χ4v) is 0.559. The van der Waals surface area contributed by atoms with Crippen molar-refractivity contribution < 1.29 is 9.59 Å². The highest BCUT2D eigenvalue weighted by Gasteiger charge is 1.81. The Kier molecular flexibility index (Phi) is 4.20. The molecule has 4 heteroatoms. The number of hydrogen-bond acceptors (Lipinski definition) is 4. The summed E-state index contributed by atoms with van der Waals surface area (Å²) in [4.78, 5) is 16.2. The number of carbonyl (C=O) groups excluding carboxylic acids is 2. The van der Waals surface area contributed by atoms with Crippen molar-refractivity contribution in [3.63, 3.8) is 0 Å². The average Bonchev–Trinajstić information content (AvgIpc) is 1.88. The van der Waals surface area contributed by atoms with Crippen LogP contribution >= 0.6 is 0 Å². The molecule has 0 aliphatic heterocycles. The van der Waals surface area contributed by atoms with Crippen LogP contribution in [0, 0.1) is 0 Å². The lowest BCUT2D eigenvalue weighted by Gasteiger charge is -1.91. The van der Waals surface area contributed by atoms with Crippen molar-refractivity contribution >= 4 is 17.5 Å². The Bertz CT molecular complexity index is 237. The van der Waals surface area contributed by atoms with E-state index in [4.69, 9.17) is 21.1 Å². The summed E-state index contributed by atoms with van der Waals surface area (Å²) in [6.07, 6.45) is 0.250. The summed E-state index contributed by atoms with van der Waals surface area (Å²) in [7, 11) is 0. The smallest absolute Gasteiger partial charge is 0.373 e. The minimum atomic E-state index is 0.250. The first-order chi connectivity index (χ1) is 5.20. The van der Waals surface area contributed by atoms with Crippen LogP contribution in [0.15, 0.2) is 24.3 Å². The largest absolute Gasteiger partial charge is 0.399 e. The Labute approximate surface area is 63.8 Å². The molecule has 11 heavy (non-hydrogen) atoms. The van der Waals surface area contributed by atoms with E-state index < -0.39 is 0 Å². The van der Waals surface area contributed by atoms with Crippen LogP contribution in [-0.4, -0.2) is 6.15 Å². The van der Waals surface area contributed by atoms with Gasteiger partial charge in [-0.3, -0.25) is 0 Å². The molecule has 0 atom stereocenters. The lowest BCUT2D eigenvalue weighted by atomic mass is 10.3. The molecule has 0 bridgehead atoms. The fraction of sp³-hybridized carbons (Fsp3) is 0. The molecule has 58 valence electrons. The van der Waals surface area contributed by atoms with Crippen molar-refractivity contribution in [3.05, 3.63) is 24.3 Å². The van der Waals surface area contributed by atoms with Gasteiger partial charge in [0, 0.05) is 11.4 Å². The van der Waals surface area contributed by atoms with E-state index in [2.05, 4.69) is 0 Å². The lowest BCUT2D eigenvalue weighted by Crippen LogP contribution is -1.87. The van der Waals surface area contributed by atoms with Gasteiger partial charge in [0.2, 0.25) is 0 Å². The minimum absolute atomic E-state index is 0.250. The number of hydrogen-bond donors (Lipinski definition) is 2. The maximum atomic E-state index is 8.12. The third-order valence-corrected chi connectivity index (χ3v) is 0.911. The molecule has 1 aromatic rings. The van der Waals surface area contributed by atoms with Gasteiger partial charge in [0.05, 0.1) is 0 Å². The third kappa shape index (κ3) is 4.69. The van der Waals surface area contributed by atoms with Crippen molar-refractivity contribution in [1.82, 2.24) is 0 Å². The zero-order valence-corrected chi connectivity index (χ0v) is 5.78. The van der Waals surface area contributed by atoms with Gasteiger partial charge in [-0.1, -0.05) is 6.07 Å². The summed E-state index contributed by atoms with van der Waals surface area (Å²) in [6, 6.07) is 7.15. The predicted octanol–water partition coefficient (Wildman–Crippen LogP) is 0.267. The number of nitrogens with two attached hydrogens (primary N) is 2. The Morgan fingerprint density at radius 1 is 1.09 bits per heavy atom. The van der Waals surface area contributed by atoms with Crippen molar-refractivity contribution in [1.29, 1.82) is 0 Å². The number of nitrogen functional groups attached to an aromatic ring is 2. The van der Waals surface area contributed by atoms with Gasteiger partial charge < -0.3 is 11.5 Å². The Hall–Kier alpha value is -1.80. The monoisotopic (exact) mass is 152 g/mol. The van der Waals surface area contributed by atoms with Crippen LogP contribution in [0.5, 0.6) is 0 Å². The highest BCUT2D eigenvalue weighted by Crippen LogP contribution is 2.06. The molecule has 0 aliphatic carbocycles. The van der Waals surface area contributed by atoms with Crippen LogP contribution in [0.2, 0.25) is 0 Å². The molecule has 0 spiro atoms. The normalized spacial score (nSPS) is 7.27. The van der Waals surface area contributed by atoms with Gasteiger partial charge in [-0.05, 0) is 18.2 Å². The second-order valence-electron chi connectivity index (χ2n) is 1.75. The number of benzene rings is 1. The lowest BCUT2D eigenvalue weighted by molar-refractivity contribution is -0.191. The molecular formula is C7H8N2O2. The summed E-state index contributed by atoms with van der Waals surface area (Å²) in [5.74, 6) is 0. The molecule has 0 radical (unpaired) electrons. The van der Waals surface area contributed by atoms with Gasteiger partial charge in [0.1, 0.15) is 0 Å². The second kappa shape index (κ2) is 5.02. The van der Waals surface area contributed by atoms with Crippen molar-refractivity contribution in [2.45, 2.75) is 0 Å². The Morgan fingerprint density at radius 2 is 1.45 bits per heavy atom. The van der Waals surface area contributed by atoms with Crippen LogP contribution < -0.4 is 11.5 Å². The summed E-state index contributed by atoms with van der Waals surface area (Å²) < 4.78 is 0. The molecule has 1 aromatic carbocycles. The number of rotatable bonds is 0. The molecule has 0 heterocycles. The van der Waals surface area contributed by atoms with Crippen LogP contribution in [0.4, 0.5) is 11.4 Å². The van der Waals surface area contributed by atoms with Gasteiger partial charge in [0.15, 0.2) is 0 Å². The summed E-state index contributed by atoms with van der Waals surface area (Å²) >= 11 is 0. The Morgan fingerprint density at radius 3 is 1.64 bits per heavy atom. The first kappa shape index (κ1) is 9.20. The van der Waals surface area contributed by atoms with E-state index in [1.54, 1.807) is 18.2 Å². The van der Waals surface area contributed by atoms with E-state index in [-0.39, 0.29) is 6.15 Å². The van der Waals surface area contributed by atoms with Crippen molar-refractivity contribution in [2.75, 3.05) is 11.5 Å². The van der Waals surface area contributed by atoms with Crippen molar-refractivity contribution in [3.8, 4) is 0 Å². The molecule has 0 fully saturated rings. The van der Waals surface area contributed by atoms with Gasteiger partial charge in [-0.25, -0.2) is 0 Å². The molecule has 0 aliphatic rings. The van der Waals surface area contributed by atoms with E-state index in [1.807, 2.05) is 6.07 Å². The van der Waals surface area contributed by atoms with Crippen LogP contribution in [0.1, 0.15) is 0 Å². The molecular weight excluding hydrogens is 144 g/mol.